The SMILES string of the molecule is O=C(O)COc1cccc2c1CC/C2=C\CC(=O)NN(c1ccccc1)c1ccccc1. The van der Waals surface area contributed by atoms with Crippen LogP contribution in [-0.2, 0) is 16.0 Å². The Morgan fingerprint density at radius 3 is 2.19 bits per heavy atom. The highest BCUT2D eigenvalue weighted by Crippen LogP contribution is 2.38. The summed E-state index contributed by atoms with van der Waals surface area (Å²) in [6, 6.07) is 25.0. The summed E-state index contributed by atoms with van der Waals surface area (Å²) in [7, 11) is 0. The number of hydrogen-bond acceptors (Lipinski definition) is 4. The quantitative estimate of drug-likeness (QED) is 0.507. The van der Waals surface area contributed by atoms with Crippen molar-refractivity contribution in [3.8, 4) is 5.75 Å². The normalized spacial score (nSPS) is 13.4. The fraction of sp³-hybridized carbons (Fsp3) is 0.154. The number of anilines is 2. The number of hydrazine groups is 1. The minimum atomic E-state index is -1.01. The first-order valence-corrected chi connectivity index (χ1v) is 10.5. The van der Waals surface area contributed by atoms with Crippen molar-refractivity contribution in [2.75, 3.05) is 11.6 Å². The molecule has 6 heteroatoms. The van der Waals surface area contributed by atoms with Gasteiger partial charge < -0.3 is 9.84 Å². The fourth-order valence-electron chi connectivity index (χ4n) is 3.82. The highest BCUT2D eigenvalue weighted by molar-refractivity contribution is 5.84. The van der Waals surface area contributed by atoms with Crippen molar-refractivity contribution >= 4 is 28.8 Å². The number of nitrogens with one attached hydrogen (secondary N) is 1. The van der Waals surface area contributed by atoms with Gasteiger partial charge in [0.05, 0.1) is 11.4 Å². The Balaban J connectivity index is 1.48. The number of benzene rings is 3. The number of nitrogens with zero attached hydrogens (tertiary/aromatic N) is 1. The second-order valence-electron chi connectivity index (χ2n) is 7.44. The first kappa shape index (κ1) is 21.2. The van der Waals surface area contributed by atoms with Crippen molar-refractivity contribution in [2.45, 2.75) is 19.3 Å². The van der Waals surface area contributed by atoms with Crippen LogP contribution in [0.15, 0.2) is 84.9 Å². The molecule has 2 N–H and O–H groups in total. The number of carbonyl (C=O) groups excluding carboxylic acids is 1. The van der Waals surface area contributed by atoms with Gasteiger partial charge in [-0.3, -0.25) is 15.2 Å². The molecular weight excluding hydrogens is 404 g/mol. The van der Waals surface area contributed by atoms with E-state index in [1.54, 1.807) is 11.1 Å². The monoisotopic (exact) mass is 428 g/mol. The molecule has 0 spiro atoms. The van der Waals surface area contributed by atoms with E-state index in [2.05, 4.69) is 5.43 Å². The molecule has 3 aromatic carbocycles. The molecule has 0 saturated carbocycles. The van der Waals surface area contributed by atoms with E-state index < -0.39 is 5.97 Å². The third kappa shape index (κ3) is 4.98. The molecule has 32 heavy (non-hydrogen) atoms. The Kier molecular flexibility index (Phi) is 6.51. The topological polar surface area (TPSA) is 78.9 Å². The van der Waals surface area contributed by atoms with Crippen LogP contribution in [0, 0.1) is 0 Å². The molecule has 1 aliphatic carbocycles. The molecule has 0 atom stereocenters. The summed E-state index contributed by atoms with van der Waals surface area (Å²) in [5.74, 6) is -0.538. The Hall–Kier alpha value is -4.06. The van der Waals surface area contributed by atoms with E-state index in [9.17, 15) is 9.59 Å². The maximum Gasteiger partial charge on any atom is 0.341 e. The van der Waals surface area contributed by atoms with Crippen molar-refractivity contribution in [3.05, 3.63) is 96.1 Å². The predicted octanol–water partition coefficient (Wildman–Crippen LogP) is 4.74. The van der Waals surface area contributed by atoms with Crippen LogP contribution in [0.2, 0.25) is 0 Å². The molecule has 0 saturated heterocycles. The number of hydrogen-bond donors (Lipinski definition) is 2. The molecule has 4 rings (SSSR count). The summed E-state index contributed by atoms with van der Waals surface area (Å²) >= 11 is 0. The molecule has 0 aliphatic heterocycles. The summed E-state index contributed by atoms with van der Waals surface area (Å²) in [5.41, 5.74) is 7.82. The second kappa shape index (κ2) is 9.83. The van der Waals surface area contributed by atoms with Crippen LogP contribution < -0.4 is 15.2 Å². The minimum absolute atomic E-state index is 0.128. The van der Waals surface area contributed by atoms with Gasteiger partial charge >= 0.3 is 5.97 Å². The first-order chi connectivity index (χ1) is 15.6. The smallest absolute Gasteiger partial charge is 0.341 e. The zero-order chi connectivity index (χ0) is 22.3. The maximum absolute atomic E-state index is 12.8. The van der Waals surface area contributed by atoms with Crippen molar-refractivity contribution in [1.29, 1.82) is 0 Å². The van der Waals surface area contributed by atoms with Crippen LogP contribution in [0.5, 0.6) is 5.75 Å². The number of amides is 1. The average Bonchev–Trinajstić information content (AvgIpc) is 3.24. The van der Waals surface area contributed by atoms with E-state index in [0.29, 0.717) is 5.75 Å². The van der Waals surface area contributed by atoms with E-state index in [0.717, 1.165) is 40.9 Å². The fourth-order valence-corrected chi connectivity index (χ4v) is 3.82. The Morgan fingerprint density at radius 2 is 1.56 bits per heavy atom. The Morgan fingerprint density at radius 1 is 0.906 bits per heavy atom. The number of rotatable bonds is 8. The Labute approximate surface area is 186 Å². The molecule has 1 amide bonds. The molecule has 0 fully saturated rings. The summed E-state index contributed by atoms with van der Waals surface area (Å²) in [5, 5.41) is 10.7. The van der Waals surface area contributed by atoms with Crippen LogP contribution in [0.25, 0.3) is 5.57 Å². The highest BCUT2D eigenvalue weighted by atomic mass is 16.5. The summed E-state index contributed by atoms with van der Waals surface area (Å²) in [6.07, 6.45) is 3.72. The van der Waals surface area contributed by atoms with Gasteiger partial charge in [-0.2, -0.15) is 0 Å². The van der Waals surface area contributed by atoms with Gasteiger partial charge in [0.15, 0.2) is 6.61 Å². The van der Waals surface area contributed by atoms with Crippen molar-refractivity contribution in [1.82, 2.24) is 5.43 Å². The highest BCUT2D eigenvalue weighted by Gasteiger charge is 2.21. The van der Waals surface area contributed by atoms with E-state index >= 15 is 0 Å². The molecule has 0 heterocycles. The molecule has 0 bridgehead atoms. The van der Waals surface area contributed by atoms with Gasteiger partial charge in [0.1, 0.15) is 5.75 Å². The number of carbonyl (C=O) groups is 2. The van der Waals surface area contributed by atoms with Crippen LogP contribution >= 0.6 is 0 Å². The summed E-state index contributed by atoms with van der Waals surface area (Å²) < 4.78 is 5.42. The first-order valence-electron chi connectivity index (χ1n) is 10.5. The molecular formula is C26H24N2O4. The third-order valence-electron chi connectivity index (χ3n) is 5.27. The number of carboxylic acid groups (broad SMARTS) is 1. The van der Waals surface area contributed by atoms with Crippen molar-refractivity contribution in [2.24, 2.45) is 0 Å². The minimum Gasteiger partial charge on any atom is -0.482 e. The Bertz CT molecular complexity index is 1090. The lowest BCUT2D eigenvalue weighted by atomic mass is 10.1. The van der Waals surface area contributed by atoms with E-state index in [-0.39, 0.29) is 18.9 Å². The zero-order valence-electron chi connectivity index (χ0n) is 17.5. The van der Waals surface area contributed by atoms with Crippen LogP contribution in [0.4, 0.5) is 11.4 Å². The van der Waals surface area contributed by atoms with Crippen LogP contribution in [-0.4, -0.2) is 23.6 Å². The third-order valence-corrected chi connectivity index (χ3v) is 5.27. The van der Waals surface area contributed by atoms with E-state index in [4.69, 9.17) is 9.84 Å². The van der Waals surface area contributed by atoms with Crippen LogP contribution in [0.1, 0.15) is 24.0 Å². The number of para-hydroxylation sites is 2. The number of allylic oxidation sites excluding steroid dienone is 1. The van der Waals surface area contributed by atoms with Gasteiger partial charge in [0.25, 0.3) is 0 Å². The van der Waals surface area contributed by atoms with E-state index in [1.807, 2.05) is 78.9 Å². The van der Waals surface area contributed by atoms with Gasteiger partial charge in [0, 0.05) is 12.0 Å². The van der Waals surface area contributed by atoms with Crippen molar-refractivity contribution in [3.63, 3.8) is 0 Å². The number of aliphatic carboxylic acids is 1. The van der Waals surface area contributed by atoms with E-state index in [1.165, 1.54) is 0 Å². The molecule has 0 aromatic heterocycles. The predicted molar refractivity (Wildman–Crippen MR) is 124 cm³/mol. The zero-order valence-corrected chi connectivity index (χ0v) is 17.5. The summed E-state index contributed by atoms with van der Waals surface area (Å²) in [6.45, 7) is -0.368. The lowest BCUT2D eigenvalue weighted by Gasteiger charge is -2.25. The molecule has 3 aromatic rings. The van der Waals surface area contributed by atoms with Crippen LogP contribution in [0.3, 0.4) is 0 Å². The lowest BCUT2D eigenvalue weighted by molar-refractivity contribution is -0.139. The maximum atomic E-state index is 12.8. The molecule has 0 unspecified atom stereocenters. The second-order valence-corrected chi connectivity index (χ2v) is 7.44. The standard InChI is InChI=1S/C26H24N2O4/c29-25(27-28(20-8-3-1-4-9-20)21-10-5-2-6-11-21)17-15-19-14-16-23-22(19)12-7-13-24(23)32-18-26(30)31/h1-13,15H,14,16-18H2,(H,27,29)(H,30,31)/b19-15+. The van der Waals surface area contributed by atoms with Gasteiger partial charge in [0.2, 0.25) is 5.91 Å². The van der Waals surface area contributed by atoms with Crippen molar-refractivity contribution < 1.29 is 19.4 Å². The molecule has 1 aliphatic rings. The molecule has 162 valence electrons. The van der Waals surface area contributed by atoms with Gasteiger partial charge in [-0.05, 0) is 54.3 Å². The van der Waals surface area contributed by atoms with Gasteiger partial charge in [-0.1, -0.05) is 54.6 Å². The summed E-state index contributed by atoms with van der Waals surface area (Å²) in [4.78, 5) is 23.6. The largest absolute Gasteiger partial charge is 0.482 e. The van der Waals surface area contributed by atoms with Gasteiger partial charge in [-0.25, -0.2) is 4.79 Å². The molecule has 6 nitrogen and oxygen atoms in total. The number of carboxylic acids is 1. The molecule has 0 radical (unpaired) electrons. The number of fused-ring (bicyclic) bond motifs is 1. The number of ether oxygens (including phenoxy) is 1. The average molecular weight is 428 g/mol. The van der Waals surface area contributed by atoms with Gasteiger partial charge in [-0.15, -0.1) is 0 Å². The lowest BCUT2D eigenvalue weighted by Crippen LogP contribution is -2.38.